The minimum absolute atomic E-state index is 0.0260. The fraction of sp³-hybridized carbons (Fsp3) is 0. The van der Waals surface area contributed by atoms with Gasteiger partial charge < -0.3 is 0 Å². The first kappa shape index (κ1) is 15.8. The molecular weight excluding hydrogens is 336 g/mol. The molecule has 2 rings (SSSR count). The van der Waals surface area contributed by atoms with Gasteiger partial charge in [-0.05, 0) is 24.3 Å². The van der Waals surface area contributed by atoms with E-state index in [0.717, 1.165) is 0 Å². The molecular formula is C12H11ClN2O4S2. The molecule has 6 nitrogen and oxygen atoms in total. The highest BCUT2D eigenvalue weighted by Crippen LogP contribution is 2.26. The van der Waals surface area contributed by atoms with Crippen LogP contribution in [-0.2, 0) is 20.0 Å². The van der Waals surface area contributed by atoms with Gasteiger partial charge in [-0.2, -0.15) is 0 Å². The van der Waals surface area contributed by atoms with Gasteiger partial charge in [-0.3, -0.25) is 4.72 Å². The van der Waals surface area contributed by atoms with Gasteiger partial charge in [0.25, 0.3) is 10.0 Å². The van der Waals surface area contributed by atoms with E-state index in [4.69, 9.17) is 16.7 Å². The van der Waals surface area contributed by atoms with Crippen molar-refractivity contribution in [3.05, 3.63) is 53.6 Å². The van der Waals surface area contributed by atoms with Crippen LogP contribution in [0.15, 0.2) is 58.3 Å². The lowest BCUT2D eigenvalue weighted by Crippen LogP contribution is -2.18. The van der Waals surface area contributed by atoms with Crippen molar-refractivity contribution in [3.8, 4) is 0 Å². The Morgan fingerprint density at radius 2 is 1.38 bits per heavy atom. The van der Waals surface area contributed by atoms with Gasteiger partial charge in [0.1, 0.15) is 9.79 Å². The van der Waals surface area contributed by atoms with E-state index in [1.54, 1.807) is 6.07 Å². The zero-order chi connectivity index (χ0) is 15.7. The summed E-state index contributed by atoms with van der Waals surface area (Å²) in [6, 6.07) is 11.2. The molecule has 0 amide bonds. The number of primary sulfonamides is 1. The first-order chi connectivity index (χ1) is 9.72. The molecule has 3 N–H and O–H groups in total. The fourth-order valence-electron chi connectivity index (χ4n) is 1.66. The SMILES string of the molecule is NS(=O)(=O)c1ccccc1NS(=O)(=O)c1ccccc1Cl. The Morgan fingerprint density at radius 3 is 1.95 bits per heavy atom. The molecule has 21 heavy (non-hydrogen) atoms. The van der Waals surface area contributed by atoms with Crippen molar-refractivity contribution in [2.45, 2.75) is 9.79 Å². The van der Waals surface area contributed by atoms with Crippen LogP contribution < -0.4 is 9.86 Å². The predicted octanol–water partition coefficient (Wildman–Crippen LogP) is 1.79. The lowest BCUT2D eigenvalue weighted by Gasteiger charge is -2.12. The number of hydrogen-bond acceptors (Lipinski definition) is 4. The second kappa shape index (κ2) is 5.64. The maximum atomic E-state index is 12.3. The molecule has 112 valence electrons. The summed E-state index contributed by atoms with van der Waals surface area (Å²) in [6.45, 7) is 0. The molecule has 0 radical (unpaired) electrons. The van der Waals surface area contributed by atoms with Crippen LogP contribution in [0.25, 0.3) is 0 Å². The molecule has 0 bridgehead atoms. The van der Waals surface area contributed by atoms with Crippen molar-refractivity contribution >= 4 is 37.3 Å². The molecule has 0 unspecified atom stereocenters. The smallest absolute Gasteiger partial charge is 0.263 e. The quantitative estimate of drug-likeness (QED) is 0.880. The number of para-hydroxylation sites is 1. The third kappa shape index (κ3) is 3.53. The number of nitrogens with one attached hydrogen (secondary N) is 1. The second-order valence-corrected chi connectivity index (χ2v) is 7.66. The molecule has 0 saturated carbocycles. The number of rotatable bonds is 4. The van der Waals surface area contributed by atoms with Gasteiger partial charge in [-0.25, -0.2) is 22.0 Å². The van der Waals surface area contributed by atoms with Gasteiger partial charge in [0.05, 0.1) is 10.7 Å². The number of hydrogen-bond donors (Lipinski definition) is 2. The van der Waals surface area contributed by atoms with Crippen molar-refractivity contribution in [1.29, 1.82) is 0 Å². The number of anilines is 1. The molecule has 0 heterocycles. The Morgan fingerprint density at radius 1 is 0.857 bits per heavy atom. The molecule has 0 fully saturated rings. The van der Waals surface area contributed by atoms with Crippen LogP contribution in [0.2, 0.25) is 5.02 Å². The van der Waals surface area contributed by atoms with E-state index in [1.807, 2.05) is 0 Å². The molecule has 0 aliphatic carbocycles. The summed E-state index contributed by atoms with van der Waals surface area (Å²) < 4.78 is 49.6. The minimum Gasteiger partial charge on any atom is -0.278 e. The van der Waals surface area contributed by atoms with Crippen LogP contribution in [0.1, 0.15) is 0 Å². The standard InChI is InChI=1S/C12H11ClN2O4S2/c13-9-5-1-3-7-11(9)21(18,19)15-10-6-2-4-8-12(10)20(14,16)17/h1-8,15H,(H2,14,16,17). The van der Waals surface area contributed by atoms with Crippen LogP contribution in [0, 0.1) is 0 Å². The van der Waals surface area contributed by atoms with Crippen molar-refractivity contribution in [2.75, 3.05) is 4.72 Å². The Balaban J connectivity index is 2.51. The summed E-state index contributed by atoms with van der Waals surface area (Å²) in [5, 5.41) is 5.08. The lowest BCUT2D eigenvalue weighted by atomic mass is 10.3. The summed E-state index contributed by atoms with van der Waals surface area (Å²) in [4.78, 5) is -0.475. The van der Waals surface area contributed by atoms with Gasteiger partial charge in [0.2, 0.25) is 10.0 Å². The van der Waals surface area contributed by atoms with E-state index in [-0.39, 0.29) is 20.5 Å². The average Bonchev–Trinajstić information content (AvgIpc) is 2.38. The van der Waals surface area contributed by atoms with Crippen molar-refractivity contribution in [2.24, 2.45) is 5.14 Å². The Bertz CT molecular complexity index is 880. The molecule has 0 spiro atoms. The second-order valence-electron chi connectivity index (χ2n) is 4.08. The highest BCUT2D eigenvalue weighted by molar-refractivity contribution is 7.93. The van der Waals surface area contributed by atoms with Crippen molar-refractivity contribution < 1.29 is 16.8 Å². The summed E-state index contributed by atoms with van der Waals surface area (Å²) in [5.41, 5.74) is -0.139. The molecule has 0 aliphatic heterocycles. The molecule has 2 aromatic rings. The van der Waals surface area contributed by atoms with Gasteiger partial charge >= 0.3 is 0 Å². The van der Waals surface area contributed by atoms with Crippen molar-refractivity contribution in [3.63, 3.8) is 0 Å². The molecule has 0 atom stereocenters. The van der Waals surface area contributed by atoms with E-state index < -0.39 is 20.0 Å². The van der Waals surface area contributed by atoms with E-state index >= 15 is 0 Å². The predicted molar refractivity (Wildman–Crippen MR) is 80.1 cm³/mol. The molecule has 0 aromatic heterocycles. The summed E-state index contributed by atoms with van der Waals surface area (Å²) in [5.74, 6) is 0. The highest BCUT2D eigenvalue weighted by Gasteiger charge is 2.21. The first-order valence-electron chi connectivity index (χ1n) is 5.61. The maximum Gasteiger partial charge on any atom is 0.263 e. The number of sulfonamides is 2. The van der Waals surface area contributed by atoms with Crippen LogP contribution in [0.5, 0.6) is 0 Å². The zero-order valence-electron chi connectivity index (χ0n) is 10.5. The van der Waals surface area contributed by atoms with E-state index in [2.05, 4.69) is 4.72 Å². The Hall–Kier alpha value is -1.61. The van der Waals surface area contributed by atoms with E-state index in [9.17, 15) is 16.8 Å². The largest absolute Gasteiger partial charge is 0.278 e. The van der Waals surface area contributed by atoms with Gasteiger partial charge in [0, 0.05) is 0 Å². The third-order valence-electron chi connectivity index (χ3n) is 2.56. The minimum atomic E-state index is -4.06. The average molecular weight is 347 g/mol. The zero-order valence-corrected chi connectivity index (χ0v) is 12.9. The normalized spacial score (nSPS) is 12.1. The molecule has 2 aromatic carbocycles. The maximum absolute atomic E-state index is 12.3. The highest BCUT2D eigenvalue weighted by atomic mass is 35.5. The van der Waals surface area contributed by atoms with Crippen LogP contribution in [0.4, 0.5) is 5.69 Å². The molecule has 9 heteroatoms. The van der Waals surface area contributed by atoms with Crippen LogP contribution in [0.3, 0.4) is 0 Å². The molecule has 0 saturated heterocycles. The Labute approximate surface area is 127 Å². The lowest BCUT2D eigenvalue weighted by molar-refractivity contribution is 0.598. The van der Waals surface area contributed by atoms with Gasteiger partial charge in [0.15, 0.2) is 0 Å². The third-order valence-corrected chi connectivity index (χ3v) is 5.40. The topological polar surface area (TPSA) is 106 Å². The monoisotopic (exact) mass is 346 g/mol. The van der Waals surface area contributed by atoms with Gasteiger partial charge in [-0.1, -0.05) is 35.9 Å². The Kier molecular flexibility index (Phi) is 4.24. The fourth-order valence-corrected chi connectivity index (χ4v) is 4.02. The summed E-state index contributed by atoms with van der Waals surface area (Å²) in [7, 11) is -8.09. The van der Waals surface area contributed by atoms with Gasteiger partial charge in [-0.15, -0.1) is 0 Å². The number of halogens is 1. The first-order valence-corrected chi connectivity index (χ1v) is 9.02. The number of nitrogens with two attached hydrogens (primary N) is 1. The number of benzene rings is 2. The van der Waals surface area contributed by atoms with Crippen molar-refractivity contribution in [1.82, 2.24) is 0 Å². The molecule has 0 aliphatic rings. The van der Waals surface area contributed by atoms with Crippen LogP contribution in [-0.4, -0.2) is 16.8 Å². The van der Waals surface area contributed by atoms with E-state index in [0.29, 0.717) is 0 Å². The van der Waals surface area contributed by atoms with E-state index in [1.165, 1.54) is 42.5 Å². The van der Waals surface area contributed by atoms with Crippen LogP contribution >= 0.6 is 11.6 Å². The summed E-state index contributed by atoms with van der Waals surface area (Å²) in [6.07, 6.45) is 0. The summed E-state index contributed by atoms with van der Waals surface area (Å²) >= 11 is 5.84.